The second-order valence-electron chi connectivity index (χ2n) is 3.74. The zero-order chi connectivity index (χ0) is 14.4. The maximum absolute atomic E-state index is 13.7. The van der Waals surface area contributed by atoms with E-state index < -0.39 is 17.8 Å². The predicted molar refractivity (Wildman–Crippen MR) is 75.2 cm³/mol. The number of ether oxygens (including phenoxy) is 3. The summed E-state index contributed by atoms with van der Waals surface area (Å²) in [5, 5.41) is 2.37. The zero-order valence-electron chi connectivity index (χ0n) is 11.4. The summed E-state index contributed by atoms with van der Waals surface area (Å²) in [6.07, 6.45) is 0. The van der Waals surface area contributed by atoms with E-state index in [0.29, 0.717) is 5.75 Å². The van der Waals surface area contributed by atoms with E-state index in [-0.39, 0.29) is 30.5 Å². The molecule has 0 aliphatic heterocycles. The first kappa shape index (κ1) is 18.4. The van der Waals surface area contributed by atoms with Gasteiger partial charge in [0.1, 0.15) is 6.04 Å². The molecule has 1 aromatic rings. The van der Waals surface area contributed by atoms with Crippen LogP contribution in [0.2, 0.25) is 0 Å². The van der Waals surface area contributed by atoms with Crippen molar-refractivity contribution in [1.82, 2.24) is 0 Å². The molecular formula is C12H18ClFN2O4. The SMILES string of the molecule is COCC(N)C(=O)Nc1cc(OC)c(OC)cc1F.Cl. The highest BCUT2D eigenvalue weighted by atomic mass is 35.5. The van der Waals surface area contributed by atoms with Gasteiger partial charge in [0.2, 0.25) is 5.91 Å². The van der Waals surface area contributed by atoms with Crippen molar-refractivity contribution < 1.29 is 23.4 Å². The van der Waals surface area contributed by atoms with Crippen molar-refractivity contribution in [2.24, 2.45) is 5.73 Å². The number of nitrogens with two attached hydrogens (primary N) is 1. The molecule has 0 radical (unpaired) electrons. The molecule has 0 aliphatic carbocycles. The Morgan fingerprint density at radius 2 is 1.85 bits per heavy atom. The lowest BCUT2D eigenvalue weighted by atomic mass is 10.2. The van der Waals surface area contributed by atoms with Gasteiger partial charge in [-0.15, -0.1) is 12.4 Å². The van der Waals surface area contributed by atoms with E-state index in [1.54, 1.807) is 0 Å². The van der Waals surface area contributed by atoms with Gasteiger partial charge in [-0.25, -0.2) is 4.39 Å². The third-order valence-electron chi connectivity index (χ3n) is 2.41. The Hall–Kier alpha value is -1.57. The van der Waals surface area contributed by atoms with Crippen LogP contribution in [0.1, 0.15) is 0 Å². The van der Waals surface area contributed by atoms with Crippen LogP contribution in [0.5, 0.6) is 11.5 Å². The van der Waals surface area contributed by atoms with Gasteiger partial charge >= 0.3 is 0 Å². The maximum Gasteiger partial charge on any atom is 0.243 e. The molecule has 1 unspecified atom stereocenters. The fraction of sp³-hybridized carbons (Fsp3) is 0.417. The maximum atomic E-state index is 13.7. The summed E-state index contributed by atoms with van der Waals surface area (Å²) in [6.45, 7) is 0.0424. The Labute approximate surface area is 122 Å². The van der Waals surface area contributed by atoms with Gasteiger partial charge in [-0.3, -0.25) is 4.79 Å². The van der Waals surface area contributed by atoms with Crippen LogP contribution in [-0.2, 0) is 9.53 Å². The number of amides is 1. The summed E-state index contributed by atoms with van der Waals surface area (Å²) in [7, 11) is 4.23. The molecule has 20 heavy (non-hydrogen) atoms. The topological polar surface area (TPSA) is 82.8 Å². The van der Waals surface area contributed by atoms with E-state index in [1.165, 1.54) is 27.4 Å². The number of benzene rings is 1. The van der Waals surface area contributed by atoms with Crippen LogP contribution in [0.3, 0.4) is 0 Å². The number of hydrogen-bond donors (Lipinski definition) is 2. The number of hydrogen-bond acceptors (Lipinski definition) is 5. The summed E-state index contributed by atoms with van der Waals surface area (Å²) >= 11 is 0. The van der Waals surface area contributed by atoms with Gasteiger partial charge in [0.05, 0.1) is 26.5 Å². The summed E-state index contributed by atoms with van der Waals surface area (Å²) in [5.74, 6) is -0.651. The van der Waals surface area contributed by atoms with Gasteiger partial charge in [0.25, 0.3) is 0 Å². The summed E-state index contributed by atoms with van der Waals surface area (Å²) in [5.41, 5.74) is 5.50. The van der Waals surface area contributed by atoms with E-state index in [4.69, 9.17) is 19.9 Å². The van der Waals surface area contributed by atoms with Crippen molar-refractivity contribution in [2.45, 2.75) is 6.04 Å². The fourth-order valence-corrected chi connectivity index (χ4v) is 1.43. The van der Waals surface area contributed by atoms with Crippen LogP contribution in [0.15, 0.2) is 12.1 Å². The minimum absolute atomic E-state index is 0. The standard InChI is InChI=1S/C12H17FN2O4.ClH/c1-17-6-8(14)12(16)15-9-5-11(19-3)10(18-2)4-7(9)13;/h4-5,8H,6,14H2,1-3H3,(H,15,16);1H. The lowest BCUT2D eigenvalue weighted by molar-refractivity contribution is -0.118. The summed E-state index contributed by atoms with van der Waals surface area (Å²) in [6, 6.07) is 1.57. The highest BCUT2D eigenvalue weighted by molar-refractivity contribution is 5.95. The van der Waals surface area contributed by atoms with E-state index in [2.05, 4.69) is 5.32 Å². The van der Waals surface area contributed by atoms with E-state index in [0.717, 1.165) is 6.07 Å². The highest BCUT2D eigenvalue weighted by Crippen LogP contribution is 2.32. The number of methoxy groups -OCH3 is 3. The number of carbonyl (C=O) groups is 1. The van der Waals surface area contributed by atoms with Crippen molar-refractivity contribution >= 4 is 24.0 Å². The lowest BCUT2D eigenvalue weighted by Gasteiger charge is -2.14. The molecule has 3 N–H and O–H groups in total. The summed E-state index contributed by atoms with van der Waals surface area (Å²) in [4.78, 5) is 11.7. The Morgan fingerprint density at radius 1 is 1.30 bits per heavy atom. The Bertz CT molecular complexity index is 459. The van der Waals surface area contributed by atoms with Crippen LogP contribution < -0.4 is 20.5 Å². The predicted octanol–water partition coefficient (Wildman–Crippen LogP) is 1.18. The molecule has 0 saturated heterocycles. The quantitative estimate of drug-likeness (QED) is 0.824. The number of halogens is 2. The number of carbonyl (C=O) groups excluding carboxylic acids is 1. The average Bonchev–Trinajstić information content (AvgIpc) is 2.40. The molecule has 1 amide bonds. The molecule has 1 rings (SSSR count). The van der Waals surface area contributed by atoms with Crippen LogP contribution in [0, 0.1) is 5.82 Å². The summed E-state index contributed by atoms with van der Waals surface area (Å²) < 4.78 is 28.5. The number of rotatable bonds is 6. The normalized spacial score (nSPS) is 11.2. The Balaban J connectivity index is 0.00000361. The van der Waals surface area contributed by atoms with Crippen LogP contribution >= 0.6 is 12.4 Å². The molecule has 0 bridgehead atoms. The molecule has 1 atom stereocenters. The molecule has 0 aliphatic rings. The Morgan fingerprint density at radius 3 is 2.35 bits per heavy atom. The van der Waals surface area contributed by atoms with Gasteiger partial charge in [0, 0.05) is 19.2 Å². The molecule has 0 saturated carbocycles. The van der Waals surface area contributed by atoms with Gasteiger partial charge in [-0.1, -0.05) is 0 Å². The molecule has 0 heterocycles. The van der Waals surface area contributed by atoms with Crippen LogP contribution in [-0.4, -0.2) is 39.9 Å². The first-order valence-corrected chi connectivity index (χ1v) is 5.50. The molecule has 0 fully saturated rings. The van der Waals surface area contributed by atoms with Crippen molar-refractivity contribution in [3.8, 4) is 11.5 Å². The largest absolute Gasteiger partial charge is 0.493 e. The molecule has 114 valence electrons. The van der Waals surface area contributed by atoms with E-state index in [9.17, 15) is 9.18 Å². The highest BCUT2D eigenvalue weighted by Gasteiger charge is 2.17. The molecule has 6 nitrogen and oxygen atoms in total. The van der Waals surface area contributed by atoms with Gasteiger partial charge < -0.3 is 25.3 Å². The molecule has 0 spiro atoms. The first-order valence-electron chi connectivity index (χ1n) is 5.50. The smallest absolute Gasteiger partial charge is 0.243 e. The third-order valence-corrected chi connectivity index (χ3v) is 2.41. The van der Waals surface area contributed by atoms with Crippen molar-refractivity contribution in [1.29, 1.82) is 0 Å². The van der Waals surface area contributed by atoms with Gasteiger partial charge in [-0.05, 0) is 0 Å². The van der Waals surface area contributed by atoms with Crippen molar-refractivity contribution in [3.63, 3.8) is 0 Å². The average molecular weight is 309 g/mol. The number of nitrogens with one attached hydrogen (secondary N) is 1. The van der Waals surface area contributed by atoms with Crippen molar-refractivity contribution in [2.75, 3.05) is 33.3 Å². The van der Waals surface area contributed by atoms with Crippen LogP contribution in [0.4, 0.5) is 10.1 Å². The monoisotopic (exact) mass is 308 g/mol. The third kappa shape index (κ3) is 4.52. The zero-order valence-corrected chi connectivity index (χ0v) is 12.3. The van der Waals surface area contributed by atoms with Crippen molar-refractivity contribution in [3.05, 3.63) is 17.9 Å². The molecule has 8 heteroatoms. The minimum Gasteiger partial charge on any atom is -0.493 e. The second kappa shape index (κ2) is 8.57. The van der Waals surface area contributed by atoms with Gasteiger partial charge in [0.15, 0.2) is 17.3 Å². The first-order chi connectivity index (χ1) is 9.03. The van der Waals surface area contributed by atoms with E-state index in [1.807, 2.05) is 0 Å². The van der Waals surface area contributed by atoms with E-state index >= 15 is 0 Å². The minimum atomic E-state index is -0.877. The fourth-order valence-electron chi connectivity index (χ4n) is 1.43. The molecule has 1 aromatic carbocycles. The second-order valence-corrected chi connectivity index (χ2v) is 3.74. The van der Waals surface area contributed by atoms with Gasteiger partial charge in [-0.2, -0.15) is 0 Å². The lowest BCUT2D eigenvalue weighted by Crippen LogP contribution is -2.39. The number of anilines is 1. The molecule has 0 aromatic heterocycles. The molecular weight excluding hydrogens is 291 g/mol. The Kier molecular flexibility index (Phi) is 7.90. The van der Waals surface area contributed by atoms with Crippen LogP contribution in [0.25, 0.3) is 0 Å².